The highest BCUT2D eigenvalue weighted by atomic mass is 19.1. The van der Waals surface area contributed by atoms with Gasteiger partial charge in [-0.3, -0.25) is 10.1 Å². The molecule has 0 spiro atoms. The minimum atomic E-state index is -0.571. The van der Waals surface area contributed by atoms with E-state index < -0.39 is 16.8 Å². The lowest BCUT2D eigenvalue weighted by atomic mass is 10.1. The quantitative estimate of drug-likeness (QED) is 0.562. The van der Waals surface area contributed by atoms with Gasteiger partial charge in [0, 0.05) is 17.7 Å². The predicted molar refractivity (Wildman–Crippen MR) is 45.7 cm³/mol. The molecule has 70 valence electrons. The van der Waals surface area contributed by atoms with Crippen molar-refractivity contribution in [2.45, 2.75) is 13.0 Å². The van der Waals surface area contributed by atoms with E-state index in [1.54, 1.807) is 6.92 Å². The topological polar surface area (TPSA) is 69.2 Å². The molecule has 0 aromatic heterocycles. The summed E-state index contributed by atoms with van der Waals surface area (Å²) < 4.78 is 12.7. The van der Waals surface area contributed by atoms with Crippen molar-refractivity contribution in [3.8, 4) is 0 Å². The molecule has 0 unspecified atom stereocenters. The van der Waals surface area contributed by atoms with Crippen LogP contribution in [0.5, 0.6) is 0 Å². The molecule has 13 heavy (non-hydrogen) atoms. The van der Waals surface area contributed by atoms with Gasteiger partial charge in [-0.2, -0.15) is 0 Å². The first-order valence-corrected chi connectivity index (χ1v) is 3.72. The molecule has 0 radical (unpaired) electrons. The fourth-order valence-corrected chi connectivity index (χ4v) is 1.06. The van der Waals surface area contributed by atoms with Gasteiger partial charge in [-0.05, 0) is 19.1 Å². The zero-order chi connectivity index (χ0) is 10.0. The molecule has 0 fully saturated rings. The van der Waals surface area contributed by atoms with Crippen molar-refractivity contribution in [2.75, 3.05) is 0 Å². The normalized spacial score (nSPS) is 12.5. The summed E-state index contributed by atoms with van der Waals surface area (Å²) >= 11 is 0. The molecule has 0 saturated carbocycles. The molecule has 0 bridgehead atoms. The van der Waals surface area contributed by atoms with E-state index in [4.69, 9.17) is 5.73 Å². The molecule has 0 heterocycles. The van der Waals surface area contributed by atoms with Gasteiger partial charge in [0.1, 0.15) is 5.82 Å². The van der Waals surface area contributed by atoms with Crippen LogP contribution < -0.4 is 5.73 Å². The maximum atomic E-state index is 12.7. The van der Waals surface area contributed by atoms with Crippen molar-refractivity contribution in [1.82, 2.24) is 0 Å². The van der Waals surface area contributed by atoms with Crippen molar-refractivity contribution in [3.63, 3.8) is 0 Å². The molecular weight excluding hydrogens is 175 g/mol. The van der Waals surface area contributed by atoms with Crippen molar-refractivity contribution in [1.29, 1.82) is 0 Å². The van der Waals surface area contributed by atoms with Gasteiger partial charge in [-0.25, -0.2) is 4.39 Å². The molecule has 1 atom stereocenters. The standard InChI is InChI=1S/C8H9FN2O2/c1-5(10)7-4-6(9)2-3-8(7)11(12)13/h2-5H,10H2,1H3/t5-/m1/s1. The Morgan fingerprint density at radius 1 is 1.62 bits per heavy atom. The van der Waals surface area contributed by atoms with Crippen LogP contribution in [0.3, 0.4) is 0 Å². The van der Waals surface area contributed by atoms with Gasteiger partial charge in [0.2, 0.25) is 0 Å². The number of nitro benzene ring substituents is 1. The third kappa shape index (κ3) is 2.00. The summed E-state index contributed by atoms with van der Waals surface area (Å²) in [6, 6.07) is 2.71. The molecule has 1 aromatic carbocycles. The Balaban J connectivity index is 3.26. The Morgan fingerprint density at radius 2 is 2.23 bits per heavy atom. The maximum absolute atomic E-state index is 12.7. The molecule has 1 aromatic rings. The summed E-state index contributed by atoms with van der Waals surface area (Å²) in [5, 5.41) is 10.5. The van der Waals surface area contributed by atoms with Gasteiger partial charge in [0.15, 0.2) is 0 Å². The average molecular weight is 184 g/mol. The molecule has 0 aliphatic rings. The second kappa shape index (κ2) is 3.49. The molecule has 0 aliphatic heterocycles. The first kappa shape index (κ1) is 9.60. The van der Waals surface area contributed by atoms with Crippen LogP contribution in [0.1, 0.15) is 18.5 Å². The van der Waals surface area contributed by atoms with Gasteiger partial charge < -0.3 is 5.73 Å². The molecule has 0 saturated heterocycles. The van der Waals surface area contributed by atoms with Gasteiger partial charge in [-0.1, -0.05) is 0 Å². The van der Waals surface area contributed by atoms with Crippen molar-refractivity contribution in [2.24, 2.45) is 5.73 Å². The maximum Gasteiger partial charge on any atom is 0.274 e. The van der Waals surface area contributed by atoms with Crippen molar-refractivity contribution in [3.05, 3.63) is 39.7 Å². The van der Waals surface area contributed by atoms with Crippen LogP contribution in [0.15, 0.2) is 18.2 Å². The fraction of sp³-hybridized carbons (Fsp3) is 0.250. The Hall–Kier alpha value is -1.49. The summed E-state index contributed by atoms with van der Waals surface area (Å²) in [5.74, 6) is -0.516. The van der Waals surface area contributed by atoms with Crippen LogP contribution in [0.2, 0.25) is 0 Å². The van der Waals surface area contributed by atoms with E-state index in [9.17, 15) is 14.5 Å². The van der Waals surface area contributed by atoms with E-state index in [2.05, 4.69) is 0 Å². The van der Waals surface area contributed by atoms with E-state index in [0.29, 0.717) is 0 Å². The number of hydrogen-bond donors (Lipinski definition) is 1. The number of nitro groups is 1. The monoisotopic (exact) mass is 184 g/mol. The van der Waals surface area contributed by atoms with E-state index in [1.165, 1.54) is 0 Å². The molecule has 2 N–H and O–H groups in total. The Labute approximate surface area is 74.3 Å². The fourth-order valence-electron chi connectivity index (χ4n) is 1.06. The molecule has 1 rings (SSSR count). The lowest BCUT2D eigenvalue weighted by molar-refractivity contribution is -0.385. The molecular formula is C8H9FN2O2. The van der Waals surface area contributed by atoms with Crippen LogP contribution in [0.25, 0.3) is 0 Å². The summed E-state index contributed by atoms with van der Waals surface area (Å²) in [7, 11) is 0. The number of halogens is 1. The van der Waals surface area contributed by atoms with E-state index in [-0.39, 0.29) is 11.3 Å². The smallest absolute Gasteiger partial charge is 0.274 e. The van der Waals surface area contributed by atoms with Gasteiger partial charge in [-0.15, -0.1) is 0 Å². The van der Waals surface area contributed by atoms with Crippen LogP contribution in [0, 0.1) is 15.9 Å². The highest BCUT2D eigenvalue weighted by Crippen LogP contribution is 2.23. The molecule has 5 heteroatoms. The van der Waals surface area contributed by atoms with Crippen molar-refractivity contribution >= 4 is 5.69 Å². The SMILES string of the molecule is C[C@@H](N)c1cc(F)ccc1[N+](=O)[O-]. The van der Waals surface area contributed by atoms with Crippen LogP contribution in [-0.4, -0.2) is 4.92 Å². The van der Waals surface area contributed by atoms with Crippen molar-refractivity contribution < 1.29 is 9.31 Å². The number of rotatable bonds is 2. The van der Waals surface area contributed by atoms with Gasteiger partial charge in [0.05, 0.1) is 4.92 Å². The van der Waals surface area contributed by atoms with Crippen LogP contribution in [0.4, 0.5) is 10.1 Å². The third-order valence-electron chi connectivity index (χ3n) is 1.68. The highest BCUT2D eigenvalue weighted by Gasteiger charge is 2.16. The lowest BCUT2D eigenvalue weighted by Gasteiger charge is -2.05. The summed E-state index contributed by atoms with van der Waals surface area (Å²) in [4.78, 5) is 9.89. The zero-order valence-electron chi connectivity index (χ0n) is 7.03. The molecule has 4 nitrogen and oxygen atoms in total. The number of nitrogens with two attached hydrogens (primary N) is 1. The summed E-state index contributed by atoms with van der Waals surface area (Å²) in [5.41, 5.74) is 5.52. The van der Waals surface area contributed by atoms with Crippen LogP contribution in [-0.2, 0) is 0 Å². The Kier molecular flexibility index (Phi) is 2.57. The predicted octanol–water partition coefficient (Wildman–Crippen LogP) is 1.75. The Morgan fingerprint density at radius 3 is 2.69 bits per heavy atom. The number of hydrogen-bond acceptors (Lipinski definition) is 3. The number of nitrogens with zero attached hydrogens (tertiary/aromatic N) is 1. The van der Waals surface area contributed by atoms with E-state index in [1.807, 2.05) is 0 Å². The lowest BCUT2D eigenvalue weighted by Crippen LogP contribution is -2.08. The molecule has 0 aliphatic carbocycles. The first-order chi connectivity index (χ1) is 6.02. The summed E-state index contributed by atoms with van der Waals surface area (Å²) in [6.45, 7) is 1.57. The van der Waals surface area contributed by atoms with Gasteiger partial charge >= 0.3 is 0 Å². The summed E-state index contributed by atoms with van der Waals surface area (Å²) in [6.07, 6.45) is 0. The third-order valence-corrected chi connectivity index (χ3v) is 1.68. The first-order valence-electron chi connectivity index (χ1n) is 3.72. The minimum Gasteiger partial charge on any atom is -0.324 e. The largest absolute Gasteiger partial charge is 0.324 e. The second-order valence-electron chi connectivity index (χ2n) is 2.75. The highest BCUT2D eigenvalue weighted by molar-refractivity contribution is 5.41. The average Bonchev–Trinajstić information content (AvgIpc) is 2.03. The van der Waals surface area contributed by atoms with E-state index in [0.717, 1.165) is 18.2 Å². The number of benzene rings is 1. The van der Waals surface area contributed by atoms with E-state index >= 15 is 0 Å². The van der Waals surface area contributed by atoms with Gasteiger partial charge in [0.25, 0.3) is 5.69 Å². The zero-order valence-corrected chi connectivity index (χ0v) is 7.03. The Bertz CT molecular complexity index is 339. The minimum absolute atomic E-state index is 0.142. The van der Waals surface area contributed by atoms with Crippen LogP contribution >= 0.6 is 0 Å². The molecule has 0 amide bonds. The second-order valence-corrected chi connectivity index (χ2v) is 2.75.